The Morgan fingerprint density at radius 3 is 2.38 bits per heavy atom. The van der Waals surface area contributed by atoms with Gasteiger partial charge in [0.1, 0.15) is 5.75 Å². The van der Waals surface area contributed by atoms with Crippen LogP contribution in [-0.2, 0) is 16.1 Å². The third-order valence-electron chi connectivity index (χ3n) is 6.04. The Morgan fingerprint density at radius 2 is 1.75 bits per heavy atom. The lowest BCUT2D eigenvalue weighted by Gasteiger charge is -2.39. The van der Waals surface area contributed by atoms with Crippen molar-refractivity contribution in [1.29, 1.82) is 0 Å². The number of carbonyl (C=O) groups is 2. The van der Waals surface area contributed by atoms with Gasteiger partial charge in [0.05, 0.1) is 19.8 Å². The average Bonchev–Trinajstić information content (AvgIpc) is 3.69. The molecule has 1 atom stereocenters. The van der Waals surface area contributed by atoms with Crippen molar-refractivity contribution in [2.75, 3.05) is 27.3 Å². The molecule has 0 radical (unpaired) electrons. The van der Waals surface area contributed by atoms with Crippen LogP contribution in [0.25, 0.3) is 0 Å². The van der Waals surface area contributed by atoms with Crippen molar-refractivity contribution in [3.8, 4) is 5.75 Å². The Hall–Kier alpha value is -2.51. The molecule has 0 aromatic heterocycles. The quantitative estimate of drug-likeness (QED) is 0.436. The van der Waals surface area contributed by atoms with Crippen LogP contribution in [0.5, 0.6) is 5.75 Å². The van der Waals surface area contributed by atoms with E-state index in [1.165, 1.54) is 7.11 Å². The number of esters is 1. The summed E-state index contributed by atoms with van der Waals surface area (Å²) >= 11 is 1.71. The molecule has 2 fully saturated rings. The lowest BCUT2D eigenvalue weighted by molar-refractivity contribution is -0.134. The highest BCUT2D eigenvalue weighted by Crippen LogP contribution is 2.35. The molecule has 2 aromatic rings. The largest absolute Gasteiger partial charge is 0.497 e. The Bertz CT molecular complexity index is 928. The summed E-state index contributed by atoms with van der Waals surface area (Å²) in [6.45, 7) is 2.34. The smallest absolute Gasteiger partial charge is 0.337 e. The van der Waals surface area contributed by atoms with Crippen molar-refractivity contribution < 1.29 is 19.1 Å². The summed E-state index contributed by atoms with van der Waals surface area (Å²) in [6, 6.07) is 15.9. The van der Waals surface area contributed by atoms with E-state index in [-0.39, 0.29) is 17.9 Å². The van der Waals surface area contributed by atoms with E-state index in [1.807, 2.05) is 24.3 Å². The van der Waals surface area contributed by atoms with E-state index in [0.29, 0.717) is 18.0 Å². The van der Waals surface area contributed by atoms with Crippen molar-refractivity contribution in [3.63, 3.8) is 0 Å². The molecule has 0 spiro atoms. The van der Waals surface area contributed by atoms with E-state index in [9.17, 15) is 9.59 Å². The van der Waals surface area contributed by atoms with E-state index < -0.39 is 0 Å². The summed E-state index contributed by atoms with van der Waals surface area (Å²) in [5.41, 5.74) is 1.66. The second kappa shape index (κ2) is 10.4. The minimum Gasteiger partial charge on any atom is -0.497 e. The van der Waals surface area contributed by atoms with Gasteiger partial charge in [-0.25, -0.2) is 9.10 Å². The molecule has 1 aliphatic heterocycles. The Labute approximate surface area is 194 Å². The molecular weight excluding hydrogens is 424 g/mol. The van der Waals surface area contributed by atoms with Gasteiger partial charge in [-0.15, -0.1) is 0 Å². The first-order chi connectivity index (χ1) is 15.6. The molecule has 2 aliphatic rings. The fraction of sp³-hybridized carbons (Fsp3) is 0.440. The van der Waals surface area contributed by atoms with Crippen molar-refractivity contribution in [2.24, 2.45) is 5.92 Å². The number of hydrogen-bond acceptors (Lipinski definition) is 6. The van der Waals surface area contributed by atoms with Crippen LogP contribution >= 0.6 is 11.9 Å². The Morgan fingerprint density at radius 1 is 1.03 bits per heavy atom. The first-order valence-corrected chi connectivity index (χ1v) is 11.9. The van der Waals surface area contributed by atoms with Gasteiger partial charge in [0, 0.05) is 36.5 Å². The molecular formula is C25H30N2O4S. The number of piperidine rings is 1. The predicted octanol–water partition coefficient (Wildman–Crippen LogP) is 4.39. The zero-order chi connectivity index (χ0) is 22.5. The van der Waals surface area contributed by atoms with Crippen LogP contribution in [0.2, 0.25) is 0 Å². The molecule has 1 saturated carbocycles. The van der Waals surface area contributed by atoms with Gasteiger partial charge in [-0.2, -0.15) is 0 Å². The molecule has 7 heteroatoms. The summed E-state index contributed by atoms with van der Waals surface area (Å²) in [5, 5.41) is 0. The molecule has 0 N–H and O–H groups in total. The second-order valence-corrected chi connectivity index (χ2v) is 9.51. The number of benzene rings is 2. The van der Waals surface area contributed by atoms with Crippen molar-refractivity contribution in [2.45, 2.75) is 43.2 Å². The number of methoxy groups -OCH3 is 2. The van der Waals surface area contributed by atoms with Crippen LogP contribution < -0.4 is 4.74 Å². The second-order valence-electron chi connectivity index (χ2n) is 8.39. The highest BCUT2D eigenvalue weighted by Gasteiger charge is 2.36. The van der Waals surface area contributed by atoms with Gasteiger partial charge in [0.2, 0.25) is 5.91 Å². The SMILES string of the molecule is COC(=O)c1ccc(CN(Sc2ccc(OC)cc2)C2CCCN(C(=O)C3CC3)C2)cc1. The normalized spacial score (nSPS) is 18.5. The van der Waals surface area contributed by atoms with Crippen molar-refractivity contribution in [1.82, 2.24) is 9.21 Å². The van der Waals surface area contributed by atoms with Crippen LogP contribution in [-0.4, -0.2) is 54.4 Å². The highest BCUT2D eigenvalue weighted by atomic mass is 32.2. The summed E-state index contributed by atoms with van der Waals surface area (Å²) in [4.78, 5) is 27.6. The summed E-state index contributed by atoms with van der Waals surface area (Å²) in [6.07, 6.45) is 4.15. The van der Waals surface area contributed by atoms with Gasteiger partial charge < -0.3 is 14.4 Å². The number of hydrogen-bond donors (Lipinski definition) is 0. The maximum absolute atomic E-state index is 12.7. The van der Waals surface area contributed by atoms with E-state index in [0.717, 1.165) is 55.0 Å². The predicted molar refractivity (Wildman–Crippen MR) is 125 cm³/mol. The van der Waals surface area contributed by atoms with Crippen LogP contribution in [0.3, 0.4) is 0 Å². The summed E-state index contributed by atoms with van der Waals surface area (Å²) in [5.74, 6) is 1.08. The zero-order valence-electron chi connectivity index (χ0n) is 18.7. The van der Waals surface area contributed by atoms with Gasteiger partial charge in [-0.05, 0) is 79.6 Å². The average molecular weight is 455 g/mol. The maximum Gasteiger partial charge on any atom is 0.337 e. The highest BCUT2D eigenvalue weighted by molar-refractivity contribution is 7.97. The Kier molecular flexibility index (Phi) is 7.37. The zero-order valence-corrected chi connectivity index (χ0v) is 19.5. The van der Waals surface area contributed by atoms with Crippen LogP contribution in [0, 0.1) is 5.92 Å². The lowest BCUT2D eigenvalue weighted by Crippen LogP contribution is -2.48. The minimum atomic E-state index is -0.331. The molecule has 1 saturated heterocycles. The molecule has 6 nitrogen and oxygen atoms in total. The van der Waals surface area contributed by atoms with Gasteiger partial charge >= 0.3 is 5.97 Å². The molecule has 1 amide bonds. The van der Waals surface area contributed by atoms with Crippen LogP contribution in [0.15, 0.2) is 53.4 Å². The van der Waals surface area contributed by atoms with E-state index in [4.69, 9.17) is 9.47 Å². The number of nitrogens with zero attached hydrogens (tertiary/aromatic N) is 2. The lowest BCUT2D eigenvalue weighted by atomic mass is 10.0. The first-order valence-electron chi connectivity index (χ1n) is 11.1. The molecule has 1 aliphatic carbocycles. The number of rotatable bonds is 8. The molecule has 2 aromatic carbocycles. The third-order valence-corrected chi connectivity index (χ3v) is 7.18. The monoisotopic (exact) mass is 454 g/mol. The van der Waals surface area contributed by atoms with Gasteiger partial charge in [0.15, 0.2) is 0 Å². The Balaban J connectivity index is 1.51. The molecule has 0 bridgehead atoms. The molecule has 4 rings (SSSR count). The van der Waals surface area contributed by atoms with Crippen LogP contribution in [0.4, 0.5) is 0 Å². The minimum absolute atomic E-state index is 0.252. The summed E-state index contributed by atoms with van der Waals surface area (Å²) in [7, 11) is 3.06. The van der Waals surface area contributed by atoms with E-state index >= 15 is 0 Å². The topological polar surface area (TPSA) is 59.1 Å². The fourth-order valence-electron chi connectivity index (χ4n) is 4.03. The van der Waals surface area contributed by atoms with Gasteiger partial charge in [-0.1, -0.05) is 12.1 Å². The summed E-state index contributed by atoms with van der Waals surface area (Å²) < 4.78 is 12.5. The molecule has 1 heterocycles. The number of likely N-dealkylation sites (tertiary alicyclic amines) is 1. The number of carbonyl (C=O) groups excluding carboxylic acids is 2. The molecule has 1 unspecified atom stereocenters. The fourth-order valence-corrected chi connectivity index (χ4v) is 5.09. The van der Waals surface area contributed by atoms with Crippen LogP contribution in [0.1, 0.15) is 41.6 Å². The standard InChI is InChI=1S/C25H30N2O4S/c1-30-22-11-13-23(14-12-22)32-27(16-18-5-7-20(8-6-18)25(29)31-2)21-4-3-15-26(17-21)24(28)19-9-10-19/h5-8,11-14,19,21H,3-4,9-10,15-17H2,1-2H3. The first kappa shape index (κ1) is 22.7. The van der Waals surface area contributed by atoms with Crippen molar-refractivity contribution >= 4 is 23.8 Å². The number of amides is 1. The molecule has 170 valence electrons. The van der Waals surface area contributed by atoms with E-state index in [1.54, 1.807) is 31.2 Å². The van der Waals surface area contributed by atoms with Gasteiger partial charge in [-0.3, -0.25) is 4.79 Å². The van der Waals surface area contributed by atoms with E-state index in [2.05, 4.69) is 21.3 Å². The maximum atomic E-state index is 12.7. The number of ether oxygens (including phenoxy) is 2. The molecule has 32 heavy (non-hydrogen) atoms. The van der Waals surface area contributed by atoms with Crippen molar-refractivity contribution in [3.05, 3.63) is 59.7 Å². The third kappa shape index (κ3) is 5.64. The van der Waals surface area contributed by atoms with Gasteiger partial charge in [0.25, 0.3) is 0 Å².